The van der Waals surface area contributed by atoms with Gasteiger partial charge in [0.1, 0.15) is 0 Å². The lowest BCUT2D eigenvalue weighted by Gasteiger charge is -2.13. The maximum atomic E-state index is 9.49. The van der Waals surface area contributed by atoms with Crippen molar-refractivity contribution in [3.8, 4) is 39.4 Å². The lowest BCUT2D eigenvalue weighted by Crippen LogP contribution is -1.93. The van der Waals surface area contributed by atoms with Crippen molar-refractivity contribution in [2.24, 2.45) is 0 Å². The van der Waals surface area contributed by atoms with Crippen LogP contribution < -0.4 is 0 Å². The van der Waals surface area contributed by atoms with E-state index in [-0.39, 0.29) is 0 Å². The largest absolute Gasteiger partial charge is 0.238 e. The number of fused-ring (bicyclic) bond motifs is 2. The predicted octanol–water partition coefficient (Wildman–Crippen LogP) is 16.4. The van der Waals surface area contributed by atoms with E-state index in [1.807, 2.05) is 24.3 Å². The fraction of sp³-hybridized carbons (Fsp3) is 0.0312. The first kappa shape index (κ1) is 38.8. The minimum absolute atomic E-state index is 0.640. The SMILES string of the molecule is [C-]#[N+]c1ccc(/C(=C/c2ccc(-c3cc4c5c(c3)Cc3cc(-c6ccc(/C=C(/c7ccc(C#N)cc7)c7cccc8ccccc78)cc6)cc(c3-5)C4)cc2)c2cccc3ccccc23)cc1. The third-order valence-electron chi connectivity index (χ3n) is 13.5. The zero-order valence-corrected chi connectivity index (χ0v) is 36.1. The van der Waals surface area contributed by atoms with Crippen LogP contribution in [0.3, 0.4) is 0 Å². The standard InChI is InChI=1S/C64H40N2/c1-66-56-30-28-49(29-31-56)62(60-15-7-11-47-9-3-5-13-58(47)60)33-42-18-24-45(25-19-42)51-36-54-38-52-34-50(35-53-39-55(37-51)64(54)63(52)53)44-22-16-41(17-23-44)32-61(48-26-20-43(40-65)21-27-48)59-14-6-10-46-8-2-4-12-57(46)59/h2-37H,38-39H2/b61-32-,62-33-. The van der Waals surface area contributed by atoms with Crippen LogP contribution in [-0.4, -0.2) is 0 Å². The summed E-state index contributed by atoms with van der Waals surface area (Å²) in [4.78, 5) is 3.63. The number of benzene rings is 10. The molecule has 2 aliphatic rings. The lowest BCUT2D eigenvalue weighted by atomic mass is 9.90. The zero-order valence-electron chi connectivity index (χ0n) is 36.1. The molecule has 0 amide bonds. The van der Waals surface area contributed by atoms with E-state index < -0.39 is 0 Å². The molecular weight excluding hydrogens is 797 g/mol. The third kappa shape index (κ3) is 6.90. The molecule has 66 heavy (non-hydrogen) atoms. The van der Waals surface area contributed by atoms with Gasteiger partial charge in [0, 0.05) is 0 Å². The molecule has 0 heterocycles. The molecule has 0 fully saturated rings. The highest BCUT2D eigenvalue weighted by molar-refractivity contribution is 6.04. The highest BCUT2D eigenvalue weighted by atomic mass is 14.6. The van der Waals surface area contributed by atoms with Crippen molar-refractivity contribution in [3.05, 3.63) is 279 Å². The predicted molar refractivity (Wildman–Crippen MR) is 274 cm³/mol. The van der Waals surface area contributed by atoms with Gasteiger partial charge < -0.3 is 0 Å². The van der Waals surface area contributed by atoms with Crippen LogP contribution in [0.5, 0.6) is 0 Å². The number of nitriles is 1. The molecule has 0 N–H and O–H groups in total. The van der Waals surface area contributed by atoms with Gasteiger partial charge in [0.15, 0.2) is 5.69 Å². The van der Waals surface area contributed by atoms with E-state index in [1.54, 1.807) is 0 Å². The molecule has 2 heteroatoms. The Labute approximate surface area is 385 Å². The third-order valence-corrected chi connectivity index (χ3v) is 13.5. The Hall–Kier alpha value is -8.82. The van der Waals surface area contributed by atoms with Gasteiger partial charge in [0.2, 0.25) is 0 Å². The monoisotopic (exact) mass is 836 g/mol. The molecule has 0 spiro atoms. The highest BCUT2D eigenvalue weighted by Crippen LogP contribution is 2.50. The van der Waals surface area contributed by atoms with Crippen LogP contribution in [0.2, 0.25) is 0 Å². The molecule has 0 saturated heterocycles. The van der Waals surface area contributed by atoms with Crippen molar-refractivity contribution in [1.82, 2.24) is 0 Å². The highest BCUT2D eigenvalue weighted by Gasteiger charge is 2.31. The maximum Gasteiger partial charge on any atom is 0.187 e. The van der Waals surface area contributed by atoms with Gasteiger partial charge in [-0.05, 0) is 159 Å². The van der Waals surface area contributed by atoms with Gasteiger partial charge in [0.05, 0.1) is 18.2 Å². The van der Waals surface area contributed by atoms with Crippen LogP contribution in [0.25, 0.3) is 83.1 Å². The fourth-order valence-electron chi connectivity index (χ4n) is 10.3. The summed E-state index contributed by atoms with van der Waals surface area (Å²) in [5, 5.41) is 14.3. The molecule has 0 atom stereocenters. The second-order valence-corrected chi connectivity index (χ2v) is 17.5. The van der Waals surface area contributed by atoms with Crippen LogP contribution in [0, 0.1) is 17.9 Å². The first-order chi connectivity index (χ1) is 32.6. The van der Waals surface area contributed by atoms with Gasteiger partial charge >= 0.3 is 0 Å². The van der Waals surface area contributed by atoms with E-state index in [1.165, 1.54) is 88.3 Å². The molecule has 0 bridgehead atoms. The second kappa shape index (κ2) is 16.1. The first-order valence-electron chi connectivity index (χ1n) is 22.5. The molecule has 0 saturated carbocycles. The summed E-state index contributed by atoms with van der Waals surface area (Å²) in [7, 11) is 0. The Morgan fingerprint density at radius 3 is 1.27 bits per heavy atom. The molecule has 10 aromatic rings. The van der Waals surface area contributed by atoms with Gasteiger partial charge in [-0.1, -0.05) is 194 Å². The Balaban J connectivity index is 0.829. The molecule has 306 valence electrons. The van der Waals surface area contributed by atoms with Gasteiger partial charge in [-0.3, -0.25) is 0 Å². The van der Waals surface area contributed by atoms with Crippen molar-refractivity contribution in [2.45, 2.75) is 12.8 Å². The van der Waals surface area contributed by atoms with E-state index in [0.717, 1.165) is 46.2 Å². The maximum absolute atomic E-state index is 9.49. The van der Waals surface area contributed by atoms with E-state index in [4.69, 9.17) is 6.57 Å². The van der Waals surface area contributed by atoms with E-state index in [9.17, 15) is 5.26 Å². The molecule has 10 aromatic carbocycles. The number of hydrogen-bond acceptors (Lipinski definition) is 1. The van der Waals surface area contributed by atoms with Crippen LogP contribution in [0.1, 0.15) is 61.2 Å². The lowest BCUT2D eigenvalue weighted by molar-refractivity contribution is 1.19. The van der Waals surface area contributed by atoms with E-state index in [2.05, 4.69) is 205 Å². The average molecular weight is 837 g/mol. The first-order valence-corrected chi connectivity index (χ1v) is 22.5. The smallest absolute Gasteiger partial charge is 0.187 e. The summed E-state index contributed by atoms with van der Waals surface area (Å²) >= 11 is 0. The summed E-state index contributed by atoms with van der Waals surface area (Å²) in [6.07, 6.45) is 6.43. The summed E-state index contributed by atoms with van der Waals surface area (Å²) in [6, 6.07) is 75.8. The van der Waals surface area contributed by atoms with Gasteiger partial charge in [-0.2, -0.15) is 5.26 Å². The molecule has 2 nitrogen and oxygen atoms in total. The van der Waals surface area contributed by atoms with Gasteiger partial charge in [-0.15, -0.1) is 0 Å². The van der Waals surface area contributed by atoms with Gasteiger partial charge in [-0.25, -0.2) is 4.85 Å². The fourth-order valence-corrected chi connectivity index (χ4v) is 10.3. The summed E-state index contributed by atoms with van der Waals surface area (Å²) < 4.78 is 0. The van der Waals surface area contributed by atoms with Crippen LogP contribution >= 0.6 is 0 Å². The molecule has 12 rings (SSSR count). The molecule has 0 unspecified atom stereocenters. The van der Waals surface area contributed by atoms with Crippen molar-refractivity contribution in [1.29, 1.82) is 5.26 Å². The topological polar surface area (TPSA) is 28.1 Å². The number of hydrogen-bond donors (Lipinski definition) is 0. The summed E-state index contributed by atoms with van der Waals surface area (Å²) in [5.74, 6) is 0. The molecule has 0 radical (unpaired) electrons. The van der Waals surface area contributed by atoms with Crippen LogP contribution in [0.4, 0.5) is 5.69 Å². The Kier molecular flexibility index (Phi) is 9.45. The van der Waals surface area contributed by atoms with Crippen LogP contribution in [0.15, 0.2) is 206 Å². The van der Waals surface area contributed by atoms with Gasteiger partial charge in [0.25, 0.3) is 0 Å². The number of rotatable bonds is 8. The molecule has 0 aliphatic heterocycles. The van der Waals surface area contributed by atoms with Crippen LogP contribution in [-0.2, 0) is 12.8 Å². The van der Waals surface area contributed by atoms with Crippen molar-refractivity contribution < 1.29 is 0 Å². The molecular formula is C64H40N2. The van der Waals surface area contributed by atoms with Crippen molar-refractivity contribution >= 4 is 50.5 Å². The van der Waals surface area contributed by atoms with Crippen molar-refractivity contribution in [2.75, 3.05) is 0 Å². The number of nitrogens with zero attached hydrogens (tertiary/aromatic N) is 2. The Bertz CT molecular complexity index is 3420. The minimum Gasteiger partial charge on any atom is -0.238 e. The van der Waals surface area contributed by atoms with E-state index >= 15 is 0 Å². The quantitative estimate of drug-likeness (QED) is 0.111. The molecule has 2 aliphatic carbocycles. The zero-order chi connectivity index (χ0) is 44.1. The average Bonchev–Trinajstić information content (AvgIpc) is 3.96. The Morgan fingerprint density at radius 1 is 0.439 bits per heavy atom. The summed E-state index contributed by atoms with van der Waals surface area (Å²) in [5.41, 5.74) is 23.9. The molecule has 0 aromatic heterocycles. The van der Waals surface area contributed by atoms with E-state index in [0.29, 0.717) is 11.3 Å². The summed E-state index contributed by atoms with van der Waals surface area (Å²) in [6.45, 7) is 7.49. The normalized spacial score (nSPS) is 12.6. The minimum atomic E-state index is 0.640. The van der Waals surface area contributed by atoms with Crippen molar-refractivity contribution in [3.63, 3.8) is 0 Å². The Morgan fingerprint density at radius 2 is 0.848 bits per heavy atom. The second-order valence-electron chi connectivity index (χ2n) is 17.5.